The molecule has 5 rings (SSSR count). The Morgan fingerprint density at radius 2 is 1.81 bits per heavy atom. The average Bonchev–Trinajstić information content (AvgIpc) is 3.47. The predicted octanol–water partition coefficient (Wildman–Crippen LogP) is 2.05. The van der Waals surface area contributed by atoms with Gasteiger partial charge < -0.3 is 4.90 Å². The Balaban J connectivity index is 1.38. The zero-order chi connectivity index (χ0) is 17.5. The van der Waals surface area contributed by atoms with Crippen LogP contribution < -0.4 is 4.90 Å². The lowest BCUT2D eigenvalue weighted by molar-refractivity contribution is 0.473. The van der Waals surface area contributed by atoms with Crippen molar-refractivity contribution in [3.63, 3.8) is 0 Å². The fourth-order valence-corrected chi connectivity index (χ4v) is 3.67. The molecule has 8 nitrogen and oxygen atoms in total. The zero-order valence-electron chi connectivity index (χ0n) is 14.3. The summed E-state index contributed by atoms with van der Waals surface area (Å²) in [5.74, 6) is 2.54. The van der Waals surface area contributed by atoms with Crippen molar-refractivity contribution < 1.29 is 0 Å². The van der Waals surface area contributed by atoms with Crippen LogP contribution in [0.15, 0.2) is 24.4 Å². The maximum absolute atomic E-state index is 9.27. The van der Waals surface area contributed by atoms with Gasteiger partial charge >= 0.3 is 0 Å². The van der Waals surface area contributed by atoms with E-state index in [4.69, 9.17) is 5.10 Å². The number of hydrogen-bond acceptors (Lipinski definition) is 7. The smallest absolute Gasteiger partial charge is 0.177 e. The van der Waals surface area contributed by atoms with Gasteiger partial charge in [-0.2, -0.15) is 20.0 Å². The summed E-state index contributed by atoms with van der Waals surface area (Å²) in [5, 5.41) is 30.9. The van der Waals surface area contributed by atoms with Crippen LogP contribution in [-0.2, 0) is 0 Å². The number of piperidine rings is 1. The molecule has 0 aromatic carbocycles. The topological polar surface area (TPSA) is 95.9 Å². The third kappa shape index (κ3) is 2.56. The minimum absolute atomic E-state index is 0.311. The maximum atomic E-state index is 9.27. The summed E-state index contributed by atoms with van der Waals surface area (Å²) in [6, 6.07) is 8.00. The highest BCUT2D eigenvalue weighted by molar-refractivity contribution is 5.52. The van der Waals surface area contributed by atoms with Gasteiger partial charge in [-0.05, 0) is 43.9 Å². The molecule has 1 aliphatic carbocycles. The van der Waals surface area contributed by atoms with Gasteiger partial charge in [-0.25, -0.2) is 0 Å². The van der Waals surface area contributed by atoms with Gasteiger partial charge in [0.25, 0.3) is 0 Å². The van der Waals surface area contributed by atoms with Crippen molar-refractivity contribution in [1.82, 2.24) is 30.0 Å². The average molecular weight is 346 g/mol. The normalized spacial score (nSPS) is 18.2. The Kier molecular flexibility index (Phi) is 3.52. The van der Waals surface area contributed by atoms with Crippen molar-refractivity contribution in [3.8, 4) is 6.07 Å². The molecule has 0 spiro atoms. The number of anilines is 1. The fourth-order valence-electron chi connectivity index (χ4n) is 3.67. The highest BCUT2D eigenvalue weighted by Crippen LogP contribution is 2.39. The van der Waals surface area contributed by atoms with Crippen molar-refractivity contribution in [2.24, 2.45) is 0 Å². The summed E-state index contributed by atoms with van der Waals surface area (Å²) >= 11 is 0. The standard InChI is InChI=1S/C18H18N8/c19-11-14-5-8-20-22-17(14)25-9-6-13(7-10-25)18-23-21-16-4-3-15(12-1-2-12)24-26(16)18/h3-5,8,12-13H,1-2,6-7,9-10H2. The second-order valence-electron chi connectivity index (χ2n) is 7.00. The third-order valence-electron chi connectivity index (χ3n) is 5.28. The van der Waals surface area contributed by atoms with Crippen LogP contribution in [0.4, 0.5) is 5.82 Å². The van der Waals surface area contributed by atoms with E-state index in [1.165, 1.54) is 12.8 Å². The Labute approximate surface area is 150 Å². The molecule has 8 heteroatoms. The molecule has 0 amide bonds. The first-order valence-corrected chi connectivity index (χ1v) is 9.02. The van der Waals surface area contributed by atoms with E-state index in [1.807, 2.05) is 10.6 Å². The predicted molar refractivity (Wildman–Crippen MR) is 93.7 cm³/mol. The number of aromatic nitrogens is 6. The molecule has 2 aliphatic rings. The number of hydrogen-bond donors (Lipinski definition) is 0. The number of nitrogens with zero attached hydrogens (tertiary/aromatic N) is 8. The van der Waals surface area contributed by atoms with Crippen LogP contribution in [0.3, 0.4) is 0 Å². The largest absolute Gasteiger partial charge is 0.354 e. The van der Waals surface area contributed by atoms with Gasteiger partial charge in [-0.15, -0.1) is 15.3 Å². The molecule has 1 saturated carbocycles. The summed E-state index contributed by atoms with van der Waals surface area (Å²) in [5.41, 5.74) is 2.53. The Hall–Kier alpha value is -3.08. The van der Waals surface area contributed by atoms with Crippen molar-refractivity contribution in [3.05, 3.63) is 41.5 Å². The molecule has 2 fully saturated rings. The molecule has 130 valence electrons. The maximum Gasteiger partial charge on any atom is 0.177 e. The molecule has 0 radical (unpaired) electrons. The van der Waals surface area contributed by atoms with Gasteiger partial charge in [0.15, 0.2) is 17.3 Å². The van der Waals surface area contributed by atoms with E-state index in [0.717, 1.165) is 43.1 Å². The van der Waals surface area contributed by atoms with E-state index in [9.17, 15) is 5.26 Å². The van der Waals surface area contributed by atoms with Gasteiger partial charge in [0.1, 0.15) is 6.07 Å². The summed E-state index contributed by atoms with van der Waals surface area (Å²) in [4.78, 5) is 2.13. The first kappa shape index (κ1) is 15.2. The van der Waals surface area contributed by atoms with Gasteiger partial charge in [0.2, 0.25) is 0 Å². The fraction of sp³-hybridized carbons (Fsp3) is 0.444. The highest BCUT2D eigenvalue weighted by atomic mass is 15.4. The molecular formula is C18H18N8. The highest BCUT2D eigenvalue weighted by Gasteiger charge is 2.29. The van der Waals surface area contributed by atoms with E-state index >= 15 is 0 Å². The van der Waals surface area contributed by atoms with E-state index in [1.54, 1.807) is 12.3 Å². The summed E-state index contributed by atoms with van der Waals surface area (Å²) in [6.45, 7) is 1.63. The quantitative estimate of drug-likeness (QED) is 0.716. The van der Waals surface area contributed by atoms with E-state index in [-0.39, 0.29) is 0 Å². The summed E-state index contributed by atoms with van der Waals surface area (Å²) in [7, 11) is 0. The van der Waals surface area contributed by atoms with Gasteiger partial charge in [-0.3, -0.25) is 0 Å². The second-order valence-corrected chi connectivity index (χ2v) is 7.00. The third-order valence-corrected chi connectivity index (χ3v) is 5.28. The monoisotopic (exact) mass is 346 g/mol. The molecule has 0 N–H and O–H groups in total. The lowest BCUT2D eigenvalue weighted by Crippen LogP contribution is -2.34. The Bertz CT molecular complexity index is 992. The molecule has 4 heterocycles. The first-order chi connectivity index (χ1) is 12.8. The van der Waals surface area contributed by atoms with Crippen molar-refractivity contribution >= 4 is 11.5 Å². The minimum atomic E-state index is 0.311. The van der Waals surface area contributed by atoms with Crippen LogP contribution in [0.1, 0.15) is 54.6 Å². The molecular weight excluding hydrogens is 328 g/mol. The van der Waals surface area contributed by atoms with Crippen LogP contribution in [-0.4, -0.2) is 43.1 Å². The molecule has 1 aliphatic heterocycles. The van der Waals surface area contributed by atoms with Gasteiger partial charge in [0, 0.05) is 24.9 Å². The summed E-state index contributed by atoms with van der Waals surface area (Å²) in [6.07, 6.45) is 5.87. The van der Waals surface area contributed by atoms with E-state index in [2.05, 4.69) is 37.4 Å². The molecule has 0 unspecified atom stereocenters. The SMILES string of the molecule is N#Cc1ccnnc1N1CCC(c2nnc3ccc(C4CC4)nn23)CC1. The van der Waals surface area contributed by atoms with E-state index in [0.29, 0.717) is 23.2 Å². The number of nitriles is 1. The minimum Gasteiger partial charge on any atom is -0.354 e. The van der Waals surface area contributed by atoms with Gasteiger partial charge in [0.05, 0.1) is 17.5 Å². The van der Waals surface area contributed by atoms with Crippen molar-refractivity contribution in [2.75, 3.05) is 18.0 Å². The van der Waals surface area contributed by atoms with Crippen LogP contribution in [0.2, 0.25) is 0 Å². The second kappa shape index (κ2) is 6.02. The first-order valence-electron chi connectivity index (χ1n) is 9.02. The molecule has 1 saturated heterocycles. The summed E-state index contributed by atoms with van der Waals surface area (Å²) < 4.78 is 1.93. The number of fused-ring (bicyclic) bond motifs is 1. The lowest BCUT2D eigenvalue weighted by Gasteiger charge is -2.31. The molecule has 0 atom stereocenters. The van der Waals surface area contributed by atoms with Crippen LogP contribution in [0.25, 0.3) is 5.65 Å². The number of rotatable bonds is 3. The molecule has 3 aromatic rings. The van der Waals surface area contributed by atoms with Crippen molar-refractivity contribution in [2.45, 2.75) is 37.5 Å². The van der Waals surface area contributed by atoms with Crippen LogP contribution in [0, 0.1) is 11.3 Å². The molecule has 26 heavy (non-hydrogen) atoms. The lowest BCUT2D eigenvalue weighted by atomic mass is 9.96. The Morgan fingerprint density at radius 3 is 2.58 bits per heavy atom. The molecule has 0 bridgehead atoms. The Morgan fingerprint density at radius 1 is 0.962 bits per heavy atom. The van der Waals surface area contributed by atoms with Crippen molar-refractivity contribution in [1.29, 1.82) is 5.26 Å². The van der Waals surface area contributed by atoms with Crippen LogP contribution >= 0.6 is 0 Å². The van der Waals surface area contributed by atoms with E-state index < -0.39 is 0 Å². The molecule has 3 aromatic heterocycles. The van der Waals surface area contributed by atoms with Crippen LogP contribution in [0.5, 0.6) is 0 Å². The van der Waals surface area contributed by atoms with Gasteiger partial charge in [-0.1, -0.05) is 0 Å². The zero-order valence-corrected chi connectivity index (χ0v) is 14.3.